The molecule has 132 valence electrons. The van der Waals surface area contributed by atoms with Gasteiger partial charge in [-0.05, 0) is 36.0 Å². The van der Waals surface area contributed by atoms with Crippen LogP contribution in [0, 0.1) is 11.8 Å². The van der Waals surface area contributed by atoms with E-state index in [2.05, 4.69) is 26.1 Å². The summed E-state index contributed by atoms with van der Waals surface area (Å²) in [6.45, 7) is 6.30. The van der Waals surface area contributed by atoms with Crippen molar-refractivity contribution < 1.29 is 19.4 Å². The Hall–Kier alpha value is -2.04. The van der Waals surface area contributed by atoms with Gasteiger partial charge in [-0.15, -0.1) is 0 Å². The van der Waals surface area contributed by atoms with Gasteiger partial charge in [0.05, 0.1) is 24.6 Å². The topological polar surface area (TPSA) is 75.6 Å². The second-order valence-corrected chi connectivity index (χ2v) is 7.49. The Morgan fingerprint density at radius 1 is 1.17 bits per heavy atom. The monoisotopic (exact) mass is 333 g/mol. The molecular formula is C19H27NO4. The minimum absolute atomic E-state index is 0.0554. The van der Waals surface area contributed by atoms with Crippen molar-refractivity contribution in [2.45, 2.75) is 51.9 Å². The van der Waals surface area contributed by atoms with Gasteiger partial charge in [-0.1, -0.05) is 39.7 Å². The fourth-order valence-corrected chi connectivity index (χ4v) is 3.24. The molecule has 1 amide bonds. The van der Waals surface area contributed by atoms with Crippen molar-refractivity contribution in [3.63, 3.8) is 0 Å². The number of benzene rings is 1. The molecule has 5 nitrogen and oxygen atoms in total. The van der Waals surface area contributed by atoms with Gasteiger partial charge >= 0.3 is 5.97 Å². The molecule has 0 heterocycles. The molecule has 0 aromatic heterocycles. The smallest absolute Gasteiger partial charge is 0.307 e. The Kier molecular flexibility index (Phi) is 5.52. The molecule has 1 aromatic carbocycles. The Bertz CT molecular complexity index is 618. The Morgan fingerprint density at radius 3 is 2.33 bits per heavy atom. The van der Waals surface area contributed by atoms with Crippen LogP contribution in [-0.4, -0.2) is 24.1 Å². The van der Waals surface area contributed by atoms with E-state index in [0.29, 0.717) is 24.3 Å². The molecule has 2 rings (SSSR count). The number of carboxylic acid groups (broad SMARTS) is 1. The summed E-state index contributed by atoms with van der Waals surface area (Å²) in [6, 6.07) is 5.73. The molecule has 0 aliphatic heterocycles. The average Bonchev–Trinajstić information content (AvgIpc) is 2.53. The third-order valence-electron chi connectivity index (χ3n) is 4.74. The number of ether oxygens (including phenoxy) is 1. The Labute approximate surface area is 143 Å². The van der Waals surface area contributed by atoms with E-state index in [1.165, 1.54) is 0 Å². The fraction of sp³-hybridized carbons (Fsp3) is 0.579. The number of carbonyl (C=O) groups is 2. The van der Waals surface area contributed by atoms with Crippen LogP contribution in [0.5, 0.6) is 5.75 Å². The maximum atomic E-state index is 12.7. The van der Waals surface area contributed by atoms with E-state index in [1.807, 2.05) is 18.2 Å². The molecular weight excluding hydrogens is 306 g/mol. The normalized spacial score (nSPS) is 21.2. The summed E-state index contributed by atoms with van der Waals surface area (Å²) in [6.07, 6.45) is 2.93. The minimum atomic E-state index is -0.884. The molecule has 1 fully saturated rings. The Balaban J connectivity index is 2.25. The summed E-state index contributed by atoms with van der Waals surface area (Å²) in [5.74, 6) is -1.62. The minimum Gasteiger partial charge on any atom is -0.495 e. The molecule has 0 saturated heterocycles. The number of hydrogen-bond donors (Lipinski definition) is 2. The second kappa shape index (κ2) is 7.24. The number of carboxylic acids is 1. The molecule has 0 bridgehead atoms. The number of carbonyl (C=O) groups excluding carboxylic acids is 1. The predicted molar refractivity (Wildman–Crippen MR) is 93.4 cm³/mol. The summed E-state index contributed by atoms with van der Waals surface area (Å²) in [5.41, 5.74) is 1.63. The van der Waals surface area contributed by atoms with E-state index in [1.54, 1.807) is 7.11 Å². The summed E-state index contributed by atoms with van der Waals surface area (Å²) in [7, 11) is 1.56. The molecule has 1 aromatic rings. The molecule has 24 heavy (non-hydrogen) atoms. The zero-order chi connectivity index (χ0) is 17.9. The first-order valence-corrected chi connectivity index (χ1v) is 8.46. The molecule has 1 aliphatic carbocycles. The maximum Gasteiger partial charge on any atom is 0.307 e. The first kappa shape index (κ1) is 18.3. The molecule has 0 radical (unpaired) electrons. The lowest BCUT2D eigenvalue weighted by Gasteiger charge is -2.28. The molecule has 0 unspecified atom stereocenters. The van der Waals surface area contributed by atoms with Gasteiger partial charge in [0.1, 0.15) is 5.75 Å². The highest BCUT2D eigenvalue weighted by molar-refractivity contribution is 5.96. The lowest BCUT2D eigenvalue weighted by Crippen LogP contribution is -2.36. The van der Waals surface area contributed by atoms with Crippen LogP contribution in [0.4, 0.5) is 5.69 Å². The van der Waals surface area contributed by atoms with Gasteiger partial charge in [-0.2, -0.15) is 0 Å². The summed E-state index contributed by atoms with van der Waals surface area (Å²) >= 11 is 0. The molecule has 1 saturated carbocycles. The second-order valence-electron chi connectivity index (χ2n) is 7.49. The average molecular weight is 333 g/mol. The SMILES string of the molecule is COc1ccc(C(C)(C)C)cc1NC(=O)[C@@H]1CCCC[C@@H]1C(=O)O. The van der Waals surface area contributed by atoms with E-state index < -0.39 is 17.8 Å². The number of nitrogens with one attached hydrogen (secondary N) is 1. The van der Waals surface area contributed by atoms with Crippen LogP contribution in [0.2, 0.25) is 0 Å². The number of hydrogen-bond acceptors (Lipinski definition) is 3. The first-order chi connectivity index (χ1) is 11.2. The van der Waals surface area contributed by atoms with Crippen molar-refractivity contribution in [2.75, 3.05) is 12.4 Å². The van der Waals surface area contributed by atoms with E-state index in [9.17, 15) is 14.7 Å². The number of amides is 1. The highest BCUT2D eigenvalue weighted by atomic mass is 16.5. The third kappa shape index (κ3) is 4.08. The number of methoxy groups -OCH3 is 1. The summed E-state index contributed by atoms with van der Waals surface area (Å²) < 4.78 is 5.34. The molecule has 0 spiro atoms. The van der Waals surface area contributed by atoms with Gasteiger partial charge in [-0.25, -0.2) is 0 Å². The van der Waals surface area contributed by atoms with E-state index in [0.717, 1.165) is 18.4 Å². The lowest BCUT2D eigenvalue weighted by atomic mass is 9.78. The zero-order valence-corrected chi connectivity index (χ0v) is 14.9. The van der Waals surface area contributed by atoms with E-state index >= 15 is 0 Å². The van der Waals surface area contributed by atoms with Crippen molar-refractivity contribution >= 4 is 17.6 Å². The van der Waals surface area contributed by atoms with Crippen LogP contribution in [0.25, 0.3) is 0 Å². The first-order valence-electron chi connectivity index (χ1n) is 8.46. The van der Waals surface area contributed by atoms with Crippen molar-refractivity contribution in [3.05, 3.63) is 23.8 Å². The number of rotatable bonds is 4. The van der Waals surface area contributed by atoms with Gasteiger partial charge in [-0.3, -0.25) is 9.59 Å². The summed E-state index contributed by atoms with van der Waals surface area (Å²) in [4.78, 5) is 24.1. The highest BCUT2D eigenvalue weighted by Gasteiger charge is 2.36. The standard InChI is InChI=1S/C19H27NO4/c1-19(2,3)12-9-10-16(24-4)15(11-12)20-17(21)13-7-5-6-8-14(13)18(22)23/h9-11,13-14H,5-8H2,1-4H3,(H,20,21)(H,22,23)/t13-,14+/m1/s1. The van der Waals surface area contributed by atoms with Gasteiger partial charge < -0.3 is 15.2 Å². The number of aliphatic carboxylic acids is 1. The van der Waals surface area contributed by atoms with Gasteiger partial charge in [0.25, 0.3) is 0 Å². The fourth-order valence-electron chi connectivity index (χ4n) is 3.24. The number of anilines is 1. The predicted octanol–water partition coefficient (Wildman–Crippen LogP) is 3.82. The van der Waals surface area contributed by atoms with Crippen LogP contribution in [0.3, 0.4) is 0 Å². The summed E-state index contributed by atoms with van der Waals surface area (Å²) in [5, 5.41) is 12.3. The van der Waals surface area contributed by atoms with Crippen LogP contribution in [-0.2, 0) is 15.0 Å². The van der Waals surface area contributed by atoms with Crippen molar-refractivity contribution in [1.29, 1.82) is 0 Å². The van der Waals surface area contributed by atoms with Gasteiger partial charge in [0, 0.05) is 0 Å². The lowest BCUT2D eigenvalue weighted by molar-refractivity contribution is -0.147. The van der Waals surface area contributed by atoms with E-state index in [-0.39, 0.29) is 11.3 Å². The van der Waals surface area contributed by atoms with Crippen molar-refractivity contribution in [1.82, 2.24) is 0 Å². The quantitative estimate of drug-likeness (QED) is 0.878. The molecule has 5 heteroatoms. The Morgan fingerprint density at radius 2 is 1.79 bits per heavy atom. The maximum absolute atomic E-state index is 12.7. The van der Waals surface area contributed by atoms with Crippen LogP contribution in [0.15, 0.2) is 18.2 Å². The molecule has 2 N–H and O–H groups in total. The van der Waals surface area contributed by atoms with Gasteiger partial charge in [0.2, 0.25) is 5.91 Å². The van der Waals surface area contributed by atoms with Crippen LogP contribution in [0.1, 0.15) is 52.0 Å². The van der Waals surface area contributed by atoms with Crippen LogP contribution < -0.4 is 10.1 Å². The highest BCUT2D eigenvalue weighted by Crippen LogP contribution is 2.34. The molecule has 1 aliphatic rings. The van der Waals surface area contributed by atoms with E-state index in [4.69, 9.17) is 4.74 Å². The largest absolute Gasteiger partial charge is 0.495 e. The van der Waals surface area contributed by atoms with Crippen molar-refractivity contribution in [2.24, 2.45) is 11.8 Å². The van der Waals surface area contributed by atoms with Gasteiger partial charge in [0.15, 0.2) is 0 Å². The molecule has 2 atom stereocenters. The zero-order valence-electron chi connectivity index (χ0n) is 14.9. The van der Waals surface area contributed by atoms with Crippen LogP contribution >= 0.6 is 0 Å². The third-order valence-corrected chi connectivity index (χ3v) is 4.74. The van der Waals surface area contributed by atoms with Crippen molar-refractivity contribution in [3.8, 4) is 5.75 Å².